The molecule has 0 heterocycles. The van der Waals surface area contributed by atoms with Gasteiger partial charge in [0.15, 0.2) is 0 Å². The van der Waals surface area contributed by atoms with E-state index >= 15 is 0 Å². The Balaban J connectivity index is 3.15. The Kier molecular flexibility index (Phi) is 3.02. The summed E-state index contributed by atoms with van der Waals surface area (Å²) in [4.78, 5) is 0. The summed E-state index contributed by atoms with van der Waals surface area (Å²) < 4.78 is 33.5. The van der Waals surface area contributed by atoms with Gasteiger partial charge in [-0.1, -0.05) is 0 Å². The molecule has 0 nitrogen and oxygen atoms in total. The average Bonchev–Trinajstić information content (AvgIpc) is 1.30. The van der Waals surface area contributed by atoms with Crippen LogP contribution in [0.15, 0.2) is 0 Å². The Morgan fingerprint density at radius 3 is 1.71 bits per heavy atom. The van der Waals surface area contributed by atoms with E-state index < -0.39 is 12.6 Å². The summed E-state index contributed by atoms with van der Waals surface area (Å²) >= 11 is 0.952. The third-order valence-corrected chi connectivity index (χ3v) is 1.12. The average molecular weight is 216 g/mol. The zero-order chi connectivity index (χ0) is 5.91. The van der Waals surface area contributed by atoms with Crippen LogP contribution in [0, 0.1) is 0 Å². The Bertz CT molecular complexity index is 48.6. The van der Waals surface area contributed by atoms with Crippen LogP contribution in [0.4, 0.5) is 13.2 Å². The monoisotopic (exact) mass is 217 g/mol. The molecule has 0 saturated carbocycles. The van der Waals surface area contributed by atoms with E-state index in [9.17, 15) is 13.2 Å². The van der Waals surface area contributed by atoms with E-state index in [1.807, 2.05) is 0 Å². The quantitative estimate of drug-likeness (QED) is 0.582. The molecule has 41 valence electrons. The van der Waals surface area contributed by atoms with Crippen molar-refractivity contribution < 1.29 is 13.2 Å². The van der Waals surface area contributed by atoms with Crippen molar-refractivity contribution in [2.24, 2.45) is 0 Å². The Morgan fingerprint density at radius 2 is 1.71 bits per heavy atom. The first kappa shape index (κ1) is 7.59. The summed E-state index contributed by atoms with van der Waals surface area (Å²) in [5.74, 6) is 0. The molecule has 0 bridgehead atoms. The molecule has 0 aliphatic rings. The van der Waals surface area contributed by atoms with Crippen molar-refractivity contribution >= 4 is 22.5 Å². The minimum atomic E-state index is -3.93. The van der Waals surface area contributed by atoms with E-state index in [0.29, 0.717) is 0 Å². The molecule has 3 radical (unpaired) electrons. The van der Waals surface area contributed by atoms with Crippen LogP contribution in [0.5, 0.6) is 0 Å². The summed E-state index contributed by atoms with van der Waals surface area (Å²) in [5, 5.41) is 0. The van der Waals surface area contributed by atoms with Gasteiger partial charge in [0.05, 0.1) is 0 Å². The summed E-state index contributed by atoms with van der Waals surface area (Å²) in [7, 11) is 0. The van der Waals surface area contributed by atoms with Crippen molar-refractivity contribution in [3.8, 4) is 0 Å². The van der Waals surface area contributed by atoms with Gasteiger partial charge in [-0.2, -0.15) is 0 Å². The number of halogens is 3. The molecule has 0 rings (SSSR count). The fourth-order valence-electron chi connectivity index (χ4n) is 0.142. The predicted molar refractivity (Wildman–Crippen MR) is 21.2 cm³/mol. The maximum absolute atomic E-state index is 11.1. The summed E-state index contributed by atoms with van der Waals surface area (Å²) in [6.45, 7) is 0. The zero-order valence-corrected chi connectivity index (χ0v) is 6.40. The second-order valence-electron chi connectivity index (χ2n) is 1.12. The van der Waals surface area contributed by atoms with E-state index in [1.54, 1.807) is 0 Å². The van der Waals surface area contributed by atoms with Gasteiger partial charge in [-0.25, -0.2) is 0 Å². The maximum atomic E-state index is 11.1. The van der Waals surface area contributed by atoms with E-state index in [-0.39, 0.29) is 4.44 Å². The number of hydrogen-bond acceptors (Lipinski definition) is 0. The summed E-state index contributed by atoms with van der Waals surface area (Å²) in [6.07, 6.45) is -4.55. The first-order valence-corrected chi connectivity index (χ1v) is 3.79. The first-order chi connectivity index (χ1) is 3.06. The molecule has 0 N–H and O–H groups in total. The van der Waals surface area contributed by atoms with Crippen molar-refractivity contribution in [1.29, 1.82) is 0 Å². The second kappa shape index (κ2) is 2.79. The van der Waals surface area contributed by atoms with Crippen molar-refractivity contribution in [3.63, 3.8) is 0 Å². The van der Waals surface area contributed by atoms with Crippen LogP contribution in [0.3, 0.4) is 0 Å². The van der Waals surface area contributed by atoms with Gasteiger partial charge in [0.25, 0.3) is 0 Å². The van der Waals surface area contributed by atoms with Crippen LogP contribution in [-0.4, -0.2) is 28.7 Å². The molecular formula is C3H4F3Sn. The zero-order valence-electron chi connectivity index (χ0n) is 3.55. The molecular weight excluding hydrogens is 212 g/mol. The molecule has 0 aliphatic heterocycles. The van der Waals surface area contributed by atoms with E-state index in [0.717, 1.165) is 22.5 Å². The van der Waals surface area contributed by atoms with Gasteiger partial charge in [-0.3, -0.25) is 0 Å². The Labute approximate surface area is 53.2 Å². The second-order valence-corrected chi connectivity index (χ2v) is 2.54. The van der Waals surface area contributed by atoms with Crippen LogP contribution in [0.25, 0.3) is 0 Å². The molecule has 0 aliphatic carbocycles. The van der Waals surface area contributed by atoms with Crippen LogP contribution in [0.1, 0.15) is 6.42 Å². The molecule has 0 amide bonds. The summed E-state index contributed by atoms with van der Waals surface area (Å²) in [5.41, 5.74) is 0. The van der Waals surface area contributed by atoms with Crippen molar-refractivity contribution in [2.75, 3.05) is 0 Å². The molecule has 0 aromatic rings. The normalized spacial score (nSPS) is 12.0. The fourth-order valence-corrected chi connectivity index (χ4v) is 0.951. The Morgan fingerprint density at radius 1 is 1.29 bits per heavy atom. The van der Waals surface area contributed by atoms with Crippen LogP contribution < -0.4 is 0 Å². The van der Waals surface area contributed by atoms with Gasteiger partial charge in [0.1, 0.15) is 0 Å². The molecule has 0 fully saturated rings. The van der Waals surface area contributed by atoms with Gasteiger partial charge in [0.2, 0.25) is 0 Å². The fraction of sp³-hybridized carbons (Fsp3) is 1.00. The van der Waals surface area contributed by atoms with Crippen LogP contribution >= 0.6 is 0 Å². The van der Waals surface area contributed by atoms with Gasteiger partial charge in [-0.05, 0) is 0 Å². The standard InChI is InChI=1S/C3H4F3.Sn/c1-2-3(4,5)6;/h1-2H2;. The number of rotatable bonds is 1. The van der Waals surface area contributed by atoms with Gasteiger partial charge < -0.3 is 0 Å². The van der Waals surface area contributed by atoms with Crippen molar-refractivity contribution in [2.45, 2.75) is 17.0 Å². The van der Waals surface area contributed by atoms with E-state index in [4.69, 9.17) is 0 Å². The first-order valence-electron chi connectivity index (χ1n) is 1.77. The summed E-state index contributed by atoms with van der Waals surface area (Å²) in [6, 6.07) is 0. The van der Waals surface area contributed by atoms with Crippen LogP contribution in [-0.2, 0) is 0 Å². The third-order valence-electron chi connectivity index (χ3n) is 0.408. The number of alkyl halides is 3. The molecule has 0 spiro atoms. The topological polar surface area (TPSA) is 0 Å². The minimum absolute atomic E-state index is 0.274. The van der Waals surface area contributed by atoms with E-state index in [2.05, 4.69) is 0 Å². The van der Waals surface area contributed by atoms with Gasteiger partial charge in [-0.15, -0.1) is 0 Å². The molecule has 7 heavy (non-hydrogen) atoms. The van der Waals surface area contributed by atoms with Crippen molar-refractivity contribution in [3.05, 3.63) is 0 Å². The molecule has 0 atom stereocenters. The van der Waals surface area contributed by atoms with E-state index in [1.165, 1.54) is 0 Å². The molecule has 0 aromatic carbocycles. The Hall–Kier alpha value is 0.589. The SMILES string of the molecule is FC(F)(F)C[CH2][Sn]. The molecule has 0 unspecified atom stereocenters. The van der Waals surface area contributed by atoms with Gasteiger partial charge in [0, 0.05) is 0 Å². The number of hydrogen-bond donors (Lipinski definition) is 0. The molecule has 0 aromatic heterocycles. The van der Waals surface area contributed by atoms with Gasteiger partial charge >= 0.3 is 52.7 Å². The molecule has 4 heteroatoms. The third kappa shape index (κ3) is 6.59. The van der Waals surface area contributed by atoms with Crippen LogP contribution in [0.2, 0.25) is 4.44 Å². The van der Waals surface area contributed by atoms with Crippen molar-refractivity contribution in [1.82, 2.24) is 0 Å². The molecule has 0 saturated heterocycles. The predicted octanol–water partition coefficient (Wildman–Crippen LogP) is 1.53.